The van der Waals surface area contributed by atoms with Gasteiger partial charge in [-0.05, 0) is 35.4 Å². The fraction of sp³-hybridized carbons (Fsp3) is 0.571. The van der Waals surface area contributed by atoms with E-state index in [4.69, 9.17) is 11.6 Å². The summed E-state index contributed by atoms with van der Waals surface area (Å²) < 4.78 is 0. The molecule has 0 nitrogen and oxygen atoms in total. The molecule has 0 aliphatic carbocycles. The third kappa shape index (κ3) is 2.95. The summed E-state index contributed by atoms with van der Waals surface area (Å²) in [5.41, 5.74) is 3.81. The Labute approximate surface area is 110 Å². The summed E-state index contributed by atoms with van der Waals surface area (Å²) in [4.78, 5) is 1.06. The van der Waals surface area contributed by atoms with E-state index in [1.54, 1.807) is 0 Å². The van der Waals surface area contributed by atoms with E-state index in [9.17, 15) is 0 Å². The Kier molecular flexibility index (Phi) is 4.75. The zero-order valence-corrected chi connectivity index (χ0v) is 12.4. The first-order valence-electron chi connectivity index (χ1n) is 5.85. The van der Waals surface area contributed by atoms with Crippen molar-refractivity contribution in [3.05, 3.63) is 28.8 Å². The third-order valence-electron chi connectivity index (χ3n) is 2.91. The highest BCUT2D eigenvalue weighted by Gasteiger charge is 2.15. The van der Waals surface area contributed by atoms with Gasteiger partial charge < -0.3 is 0 Å². The summed E-state index contributed by atoms with van der Waals surface area (Å²) in [7, 11) is 0. The molecule has 0 aliphatic rings. The number of thiol groups is 1. The number of alkyl halides is 1. The number of hydrogen-bond acceptors (Lipinski definition) is 1. The Hall–Kier alpha value is -0.140. The standard InChI is InChI=1S/C14H21ClS/c1-8(2)11-6-12(9(3)4)14(16)13(7-11)10(5)15/h6-10,16H,1-5H3. The largest absolute Gasteiger partial charge is 0.143 e. The Morgan fingerprint density at radius 1 is 0.938 bits per heavy atom. The second-order valence-electron chi connectivity index (χ2n) is 4.97. The second kappa shape index (κ2) is 5.46. The molecule has 0 heterocycles. The number of halogens is 1. The first kappa shape index (κ1) is 13.9. The van der Waals surface area contributed by atoms with Gasteiger partial charge >= 0.3 is 0 Å². The topological polar surface area (TPSA) is 0 Å². The Bertz CT molecular complexity index is 338. The lowest BCUT2D eigenvalue weighted by atomic mass is 9.92. The highest BCUT2D eigenvalue weighted by atomic mass is 35.5. The maximum Gasteiger partial charge on any atom is 0.0568 e. The molecule has 1 aromatic carbocycles. The van der Waals surface area contributed by atoms with Crippen LogP contribution in [0.1, 0.15) is 68.5 Å². The zero-order chi connectivity index (χ0) is 12.5. The van der Waals surface area contributed by atoms with Crippen molar-refractivity contribution in [2.45, 2.75) is 56.7 Å². The molecular formula is C14H21ClS. The van der Waals surface area contributed by atoms with Crippen LogP contribution in [0.3, 0.4) is 0 Å². The van der Waals surface area contributed by atoms with E-state index in [0.29, 0.717) is 11.8 Å². The second-order valence-corrected chi connectivity index (χ2v) is 6.08. The fourth-order valence-electron chi connectivity index (χ4n) is 1.78. The molecule has 1 atom stereocenters. The minimum atomic E-state index is 0.0173. The van der Waals surface area contributed by atoms with Crippen LogP contribution < -0.4 is 0 Å². The molecule has 16 heavy (non-hydrogen) atoms. The summed E-state index contributed by atoms with van der Waals surface area (Å²) in [5, 5.41) is 0.0173. The summed E-state index contributed by atoms with van der Waals surface area (Å²) >= 11 is 10.8. The normalized spacial score (nSPS) is 13.6. The molecule has 0 saturated heterocycles. The predicted molar refractivity (Wildman–Crippen MR) is 76.1 cm³/mol. The van der Waals surface area contributed by atoms with Crippen LogP contribution in [0.2, 0.25) is 0 Å². The summed E-state index contributed by atoms with van der Waals surface area (Å²) in [6, 6.07) is 4.46. The maximum atomic E-state index is 6.21. The van der Waals surface area contributed by atoms with Crippen molar-refractivity contribution >= 4 is 24.2 Å². The Morgan fingerprint density at radius 2 is 1.44 bits per heavy atom. The molecule has 0 bridgehead atoms. The quantitative estimate of drug-likeness (QED) is 0.534. The van der Waals surface area contributed by atoms with Gasteiger partial charge in [-0.25, -0.2) is 0 Å². The van der Waals surface area contributed by atoms with Crippen molar-refractivity contribution in [1.29, 1.82) is 0 Å². The highest BCUT2D eigenvalue weighted by molar-refractivity contribution is 7.80. The van der Waals surface area contributed by atoms with Gasteiger partial charge in [0.2, 0.25) is 0 Å². The van der Waals surface area contributed by atoms with Gasteiger partial charge in [-0.3, -0.25) is 0 Å². The summed E-state index contributed by atoms with van der Waals surface area (Å²) in [5.74, 6) is 1.01. The van der Waals surface area contributed by atoms with Gasteiger partial charge in [0.05, 0.1) is 5.38 Å². The lowest BCUT2D eigenvalue weighted by Gasteiger charge is -2.19. The van der Waals surface area contributed by atoms with Gasteiger partial charge in [-0.1, -0.05) is 39.8 Å². The smallest absolute Gasteiger partial charge is 0.0568 e. The number of benzene rings is 1. The van der Waals surface area contributed by atoms with Crippen LogP contribution in [0, 0.1) is 0 Å². The molecule has 2 heteroatoms. The van der Waals surface area contributed by atoms with Crippen molar-refractivity contribution in [2.24, 2.45) is 0 Å². The third-order valence-corrected chi connectivity index (χ3v) is 3.66. The molecule has 0 amide bonds. The van der Waals surface area contributed by atoms with Crippen LogP contribution >= 0.6 is 24.2 Å². The highest BCUT2D eigenvalue weighted by Crippen LogP contribution is 2.35. The molecule has 90 valence electrons. The number of hydrogen-bond donors (Lipinski definition) is 1. The van der Waals surface area contributed by atoms with Crippen molar-refractivity contribution < 1.29 is 0 Å². The summed E-state index contributed by atoms with van der Waals surface area (Å²) in [6.07, 6.45) is 0. The van der Waals surface area contributed by atoms with E-state index < -0.39 is 0 Å². The van der Waals surface area contributed by atoms with Crippen molar-refractivity contribution in [2.75, 3.05) is 0 Å². The van der Waals surface area contributed by atoms with E-state index in [-0.39, 0.29) is 5.38 Å². The van der Waals surface area contributed by atoms with E-state index in [1.165, 1.54) is 11.1 Å². The molecule has 0 aliphatic heterocycles. The van der Waals surface area contributed by atoms with E-state index in [2.05, 4.69) is 52.5 Å². The fourth-order valence-corrected chi connectivity index (χ4v) is 2.61. The molecule has 1 aromatic rings. The zero-order valence-electron chi connectivity index (χ0n) is 10.7. The first-order chi connectivity index (χ1) is 7.34. The lowest BCUT2D eigenvalue weighted by molar-refractivity contribution is 0.802. The van der Waals surface area contributed by atoms with E-state index >= 15 is 0 Å². The molecule has 1 unspecified atom stereocenters. The van der Waals surface area contributed by atoms with Crippen LogP contribution in [0.5, 0.6) is 0 Å². The van der Waals surface area contributed by atoms with Crippen LogP contribution in [0.4, 0.5) is 0 Å². The van der Waals surface area contributed by atoms with E-state index in [1.807, 2.05) is 6.92 Å². The summed E-state index contributed by atoms with van der Waals surface area (Å²) in [6.45, 7) is 10.8. The minimum absolute atomic E-state index is 0.0173. The monoisotopic (exact) mass is 256 g/mol. The van der Waals surface area contributed by atoms with Gasteiger partial charge in [0.1, 0.15) is 0 Å². The molecule has 0 saturated carbocycles. The van der Waals surface area contributed by atoms with Gasteiger partial charge in [0.25, 0.3) is 0 Å². The SMILES string of the molecule is CC(C)c1cc(C(C)C)c(S)c(C(C)Cl)c1. The Balaban J connectivity index is 3.39. The molecular weight excluding hydrogens is 236 g/mol. The van der Waals surface area contributed by atoms with Crippen LogP contribution in [-0.4, -0.2) is 0 Å². The Morgan fingerprint density at radius 3 is 1.81 bits per heavy atom. The first-order valence-corrected chi connectivity index (χ1v) is 6.73. The van der Waals surface area contributed by atoms with Gasteiger partial charge in [0.15, 0.2) is 0 Å². The molecule has 0 radical (unpaired) electrons. The molecule has 0 spiro atoms. The maximum absolute atomic E-state index is 6.21. The van der Waals surface area contributed by atoms with Crippen molar-refractivity contribution in [3.63, 3.8) is 0 Å². The van der Waals surface area contributed by atoms with Gasteiger partial charge in [0, 0.05) is 4.90 Å². The van der Waals surface area contributed by atoms with Crippen molar-refractivity contribution in [1.82, 2.24) is 0 Å². The molecule has 1 rings (SSSR count). The number of rotatable bonds is 3. The average Bonchev–Trinajstić information content (AvgIpc) is 2.16. The van der Waals surface area contributed by atoms with Crippen molar-refractivity contribution in [3.8, 4) is 0 Å². The van der Waals surface area contributed by atoms with Crippen LogP contribution in [0.15, 0.2) is 17.0 Å². The van der Waals surface area contributed by atoms with Gasteiger partial charge in [-0.2, -0.15) is 0 Å². The predicted octanol–water partition coefficient (Wildman–Crippen LogP) is 5.52. The average molecular weight is 257 g/mol. The molecule has 0 fully saturated rings. The van der Waals surface area contributed by atoms with Crippen LogP contribution in [0.25, 0.3) is 0 Å². The lowest BCUT2D eigenvalue weighted by Crippen LogP contribution is -2.00. The van der Waals surface area contributed by atoms with Gasteiger partial charge in [-0.15, -0.1) is 24.2 Å². The molecule has 0 N–H and O–H groups in total. The van der Waals surface area contributed by atoms with E-state index in [0.717, 1.165) is 10.5 Å². The molecule has 0 aromatic heterocycles. The van der Waals surface area contributed by atoms with Crippen LogP contribution in [-0.2, 0) is 0 Å². The minimum Gasteiger partial charge on any atom is -0.143 e.